The Balaban J connectivity index is 1.94. The number of nitrogens with one attached hydrogen (secondary N) is 1. The zero-order chi connectivity index (χ0) is 9.80. The topological polar surface area (TPSA) is 37.8 Å². The van der Waals surface area contributed by atoms with Crippen molar-refractivity contribution in [2.24, 2.45) is 0 Å². The second kappa shape index (κ2) is 4.94. The Labute approximate surface area is 93.1 Å². The number of hydrogen-bond acceptors (Lipinski definition) is 4. The maximum absolute atomic E-state index is 6.30. The molecule has 0 amide bonds. The van der Waals surface area contributed by atoms with Gasteiger partial charge in [-0.1, -0.05) is 19.3 Å². The first-order chi connectivity index (χ1) is 6.86. The van der Waals surface area contributed by atoms with E-state index in [4.69, 9.17) is 11.6 Å². The summed E-state index contributed by atoms with van der Waals surface area (Å²) >= 11 is 7.69. The number of nitrogens with zero attached hydrogens (tertiary/aromatic N) is 2. The molecule has 1 aromatic rings. The Morgan fingerprint density at radius 2 is 2.21 bits per heavy atom. The second-order valence-electron chi connectivity index (χ2n) is 3.65. The van der Waals surface area contributed by atoms with Gasteiger partial charge in [0.05, 0.1) is 5.38 Å². The minimum Gasteiger partial charge on any atom is -0.356 e. The van der Waals surface area contributed by atoms with Gasteiger partial charge in [-0.2, -0.15) is 4.37 Å². The maximum atomic E-state index is 6.30. The molecule has 1 aromatic heterocycles. The Kier molecular flexibility index (Phi) is 3.59. The summed E-state index contributed by atoms with van der Waals surface area (Å²) in [5.41, 5.74) is 0. The van der Waals surface area contributed by atoms with Crippen LogP contribution in [0.3, 0.4) is 0 Å². The molecule has 78 valence electrons. The van der Waals surface area contributed by atoms with Crippen molar-refractivity contribution in [2.75, 3.05) is 5.32 Å². The fraction of sp³-hybridized carbons (Fsp3) is 0.778. The third kappa shape index (κ3) is 2.58. The molecule has 2 atom stereocenters. The third-order valence-electron chi connectivity index (χ3n) is 2.60. The number of halogens is 1. The van der Waals surface area contributed by atoms with Crippen LogP contribution >= 0.6 is 23.1 Å². The fourth-order valence-electron chi connectivity index (χ4n) is 1.82. The van der Waals surface area contributed by atoms with Gasteiger partial charge in [0.1, 0.15) is 6.33 Å². The summed E-state index contributed by atoms with van der Waals surface area (Å²) in [4.78, 5) is 4.11. The molecular formula is C9H14ClN3S. The van der Waals surface area contributed by atoms with Crippen molar-refractivity contribution in [1.82, 2.24) is 9.36 Å². The van der Waals surface area contributed by atoms with Crippen molar-refractivity contribution in [1.29, 1.82) is 0 Å². The molecule has 0 bridgehead atoms. The van der Waals surface area contributed by atoms with Gasteiger partial charge in [0, 0.05) is 17.6 Å². The Bertz CT molecular complexity index is 265. The van der Waals surface area contributed by atoms with E-state index in [2.05, 4.69) is 14.7 Å². The van der Waals surface area contributed by atoms with Crippen LogP contribution in [0.25, 0.3) is 0 Å². The molecule has 14 heavy (non-hydrogen) atoms. The lowest BCUT2D eigenvalue weighted by molar-refractivity contribution is 0.627. The molecule has 0 aromatic carbocycles. The molecular weight excluding hydrogens is 218 g/mol. The van der Waals surface area contributed by atoms with Gasteiger partial charge >= 0.3 is 0 Å². The molecule has 1 aliphatic carbocycles. The van der Waals surface area contributed by atoms with E-state index in [-0.39, 0.29) is 5.38 Å². The van der Waals surface area contributed by atoms with Crippen LogP contribution < -0.4 is 5.32 Å². The normalized spacial score (nSPS) is 28.4. The molecule has 3 nitrogen and oxygen atoms in total. The van der Waals surface area contributed by atoms with E-state index in [0.29, 0.717) is 6.04 Å². The molecule has 5 heteroatoms. The Hall–Kier alpha value is -0.350. The molecule has 0 spiro atoms. The van der Waals surface area contributed by atoms with Crippen LogP contribution in [-0.2, 0) is 0 Å². The zero-order valence-electron chi connectivity index (χ0n) is 7.95. The molecule has 1 fully saturated rings. The maximum Gasteiger partial charge on any atom is 0.202 e. The number of aromatic nitrogens is 2. The van der Waals surface area contributed by atoms with Crippen molar-refractivity contribution in [3.8, 4) is 0 Å². The fourth-order valence-corrected chi connectivity index (χ4v) is 2.66. The lowest BCUT2D eigenvalue weighted by atomic mass is 10.1. The first kappa shape index (κ1) is 10.2. The first-order valence-corrected chi connectivity index (χ1v) is 6.24. The average molecular weight is 232 g/mol. The highest BCUT2D eigenvalue weighted by molar-refractivity contribution is 7.09. The number of hydrogen-bond donors (Lipinski definition) is 1. The van der Waals surface area contributed by atoms with Gasteiger partial charge in [-0.25, -0.2) is 4.98 Å². The summed E-state index contributed by atoms with van der Waals surface area (Å²) in [7, 11) is 0. The largest absolute Gasteiger partial charge is 0.356 e. The highest BCUT2D eigenvalue weighted by Gasteiger charge is 2.21. The van der Waals surface area contributed by atoms with Gasteiger partial charge in [0.25, 0.3) is 0 Å². The molecule has 0 radical (unpaired) electrons. The van der Waals surface area contributed by atoms with Crippen molar-refractivity contribution in [3.05, 3.63) is 6.33 Å². The summed E-state index contributed by atoms with van der Waals surface area (Å²) in [5, 5.41) is 4.49. The summed E-state index contributed by atoms with van der Waals surface area (Å²) in [6.07, 6.45) is 7.65. The first-order valence-electron chi connectivity index (χ1n) is 5.03. The van der Waals surface area contributed by atoms with E-state index in [0.717, 1.165) is 18.0 Å². The number of rotatable bonds is 2. The number of anilines is 1. The van der Waals surface area contributed by atoms with Gasteiger partial charge in [0.2, 0.25) is 5.13 Å². The van der Waals surface area contributed by atoms with Crippen LogP contribution in [0, 0.1) is 0 Å². The lowest BCUT2D eigenvalue weighted by Gasteiger charge is -2.20. The van der Waals surface area contributed by atoms with Crippen molar-refractivity contribution < 1.29 is 0 Å². The van der Waals surface area contributed by atoms with E-state index < -0.39 is 0 Å². The predicted molar refractivity (Wildman–Crippen MR) is 60.0 cm³/mol. The van der Waals surface area contributed by atoms with Crippen LogP contribution in [0.5, 0.6) is 0 Å². The van der Waals surface area contributed by atoms with E-state index in [1.54, 1.807) is 6.33 Å². The molecule has 2 rings (SSSR count). The highest BCUT2D eigenvalue weighted by atomic mass is 35.5. The predicted octanol–water partition coefficient (Wildman–Crippen LogP) is 2.89. The smallest absolute Gasteiger partial charge is 0.202 e. The Morgan fingerprint density at radius 3 is 3.00 bits per heavy atom. The van der Waals surface area contributed by atoms with Crippen LogP contribution in [-0.4, -0.2) is 20.8 Å². The Morgan fingerprint density at radius 1 is 1.36 bits per heavy atom. The summed E-state index contributed by atoms with van der Waals surface area (Å²) < 4.78 is 3.96. The standard InChI is InChI=1S/C9H14ClN3S/c10-7-4-2-1-3-5-8(7)13-9-11-6-12-14-9/h6-8H,1-5H2,(H,11,12,13). The van der Waals surface area contributed by atoms with E-state index >= 15 is 0 Å². The van der Waals surface area contributed by atoms with Crippen LogP contribution in [0.1, 0.15) is 32.1 Å². The van der Waals surface area contributed by atoms with Crippen LogP contribution in [0.15, 0.2) is 6.33 Å². The molecule has 1 aliphatic rings. The molecule has 0 saturated heterocycles. The quantitative estimate of drug-likeness (QED) is 0.628. The SMILES string of the molecule is ClC1CCCCCC1Nc1ncns1. The minimum absolute atomic E-state index is 0.237. The highest BCUT2D eigenvalue weighted by Crippen LogP contribution is 2.25. The summed E-state index contributed by atoms with van der Waals surface area (Å²) in [6, 6.07) is 0.368. The van der Waals surface area contributed by atoms with E-state index in [1.807, 2.05) is 0 Å². The van der Waals surface area contributed by atoms with Gasteiger partial charge in [-0.3, -0.25) is 0 Å². The van der Waals surface area contributed by atoms with Gasteiger partial charge in [-0.05, 0) is 12.8 Å². The van der Waals surface area contributed by atoms with Crippen LogP contribution in [0.4, 0.5) is 5.13 Å². The van der Waals surface area contributed by atoms with Gasteiger partial charge in [0.15, 0.2) is 0 Å². The summed E-state index contributed by atoms with van der Waals surface area (Å²) in [6.45, 7) is 0. The van der Waals surface area contributed by atoms with Crippen molar-refractivity contribution in [2.45, 2.75) is 43.5 Å². The van der Waals surface area contributed by atoms with Crippen LogP contribution in [0.2, 0.25) is 0 Å². The van der Waals surface area contributed by atoms with Gasteiger partial charge in [-0.15, -0.1) is 11.6 Å². The molecule has 1 heterocycles. The second-order valence-corrected chi connectivity index (χ2v) is 4.99. The molecule has 2 unspecified atom stereocenters. The average Bonchev–Trinajstić information content (AvgIpc) is 2.60. The van der Waals surface area contributed by atoms with E-state index in [1.165, 1.54) is 30.8 Å². The third-order valence-corrected chi connectivity index (χ3v) is 3.72. The zero-order valence-corrected chi connectivity index (χ0v) is 9.52. The number of alkyl halides is 1. The summed E-state index contributed by atoms with van der Waals surface area (Å²) in [5.74, 6) is 0. The van der Waals surface area contributed by atoms with E-state index in [9.17, 15) is 0 Å². The minimum atomic E-state index is 0.237. The van der Waals surface area contributed by atoms with Gasteiger partial charge < -0.3 is 5.32 Å². The molecule has 1 N–H and O–H groups in total. The molecule has 0 aliphatic heterocycles. The lowest BCUT2D eigenvalue weighted by Crippen LogP contribution is -2.28. The van der Waals surface area contributed by atoms with Crippen molar-refractivity contribution >= 4 is 28.3 Å². The van der Waals surface area contributed by atoms with Crippen molar-refractivity contribution in [3.63, 3.8) is 0 Å². The monoisotopic (exact) mass is 231 g/mol. The molecule has 1 saturated carbocycles.